The topological polar surface area (TPSA) is 31.9 Å². The normalized spacial score (nSPS) is 16.1. The second-order valence-corrected chi connectivity index (χ2v) is 7.71. The molecule has 0 saturated carbocycles. The third kappa shape index (κ3) is 3.96. The highest BCUT2D eigenvalue weighted by Gasteiger charge is 2.22. The lowest BCUT2D eigenvalue weighted by atomic mass is 9.93. The summed E-state index contributed by atoms with van der Waals surface area (Å²) in [5.74, 6) is 0.528. The van der Waals surface area contributed by atoms with Gasteiger partial charge in [-0.25, -0.2) is 0 Å². The first-order valence-corrected chi connectivity index (χ1v) is 9.71. The van der Waals surface area contributed by atoms with Crippen molar-refractivity contribution in [3.05, 3.63) is 75.9 Å². The maximum atomic E-state index is 6.29. The van der Waals surface area contributed by atoms with E-state index < -0.39 is 0 Å². The van der Waals surface area contributed by atoms with Crippen LogP contribution in [0.15, 0.2) is 54.6 Å². The van der Waals surface area contributed by atoms with Gasteiger partial charge in [-0.3, -0.25) is 10.00 Å². The number of hydrogen-bond acceptors (Lipinski definition) is 2. The van der Waals surface area contributed by atoms with Crippen molar-refractivity contribution in [2.24, 2.45) is 0 Å². The summed E-state index contributed by atoms with van der Waals surface area (Å²) in [6.45, 7) is 3.17. The molecule has 134 valence electrons. The highest BCUT2D eigenvalue weighted by molar-refractivity contribution is 6.33. The van der Waals surface area contributed by atoms with Crippen LogP contribution in [0.2, 0.25) is 10.0 Å². The highest BCUT2D eigenvalue weighted by atomic mass is 35.5. The summed E-state index contributed by atoms with van der Waals surface area (Å²) < 4.78 is 0. The maximum Gasteiger partial charge on any atom is 0.0938 e. The van der Waals surface area contributed by atoms with Gasteiger partial charge in [0.2, 0.25) is 0 Å². The lowest BCUT2D eigenvalue weighted by molar-refractivity contribution is 0.203. The van der Waals surface area contributed by atoms with Gasteiger partial charge >= 0.3 is 0 Å². The highest BCUT2D eigenvalue weighted by Crippen LogP contribution is 2.32. The molecule has 0 amide bonds. The van der Waals surface area contributed by atoms with Crippen LogP contribution in [0.3, 0.4) is 0 Å². The molecule has 5 heteroatoms. The van der Waals surface area contributed by atoms with Crippen LogP contribution in [0.5, 0.6) is 0 Å². The Morgan fingerprint density at radius 1 is 1.00 bits per heavy atom. The lowest BCUT2D eigenvalue weighted by Gasteiger charge is -2.31. The van der Waals surface area contributed by atoms with Crippen LogP contribution in [0.25, 0.3) is 11.3 Å². The average molecular weight is 386 g/mol. The van der Waals surface area contributed by atoms with Gasteiger partial charge in [-0.1, -0.05) is 53.5 Å². The van der Waals surface area contributed by atoms with Crippen LogP contribution in [0, 0.1) is 0 Å². The van der Waals surface area contributed by atoms with E-state index in [1.165, 1.54) is 11.3 Å². The van der Waals surface area contributed by atoms with Gasteiger partial charge in [-0.2, -0.15) is 5.10 Å². The molecule has 4 rings (SSSR count). The number of aromatic nitrogens is 2. The number of H-pyrrole nitrogens is 1. The summed E-state index contributed by atoms with van der Waals surface area (Å²) in [5, 5.41) is 9.24. The maximum absolute atomic E-state index is 6.29. The summed E-state index contributed by atoms with van der Waals surface area (Å²) in [4.78, 5) is 2.51. The van der Waals surface area contributed by atoms with Gasteiger partial charge in [-0.15, -0.1) is 0 Å². The molecular formula is C21H21Cl2N3. The van der Waals surface area contributed by atoms with E-state index in [4.69, 9.17) is 23.2 Å². The van der Waals surface area contributed by atoms with Crippen molar-refractivity contribution in [1.29, 1.82) is 0 Å². The Labute approximate surface area is 163 Å². The SMILES string of the molecule is Clc1ccc(CN2CCC(c3cc(-c4ccccc4Cl)n[nH]3)CC2)cc1. The summed E-state index contributed by atoms with van der Waals surface area (Å²) in [5.41, 5.74) is 4.44. The number of likely N-dealkylation sites (tertiary alicyclic amines) is 1. The summed E-state index contributed by atoms with van der Waals surface area (Å²) in [7, 11) is 0. The minimum absolute atomic E-state index is 0.528. The second kappa shape index (κ2) is 7.83. The first-order chi connectivity index (χ1) is 12.7. The minimum atomic E-state index is 0.528. The monoisotopic (exact) mass is 385 g/mol. The number of hydrogen-bond donors (Lipinski definition) is 1. The van der Waals surface area contributed by atoms with Crippen LogP contribution >= 0.6 is 23.2 Å². The standard InChI is InChI=1S/C21H21Cl2N3/c22-17-7-5-15(6-8-17)14-26-11-9-16(10-12-26)20-13-21(25-24-20)18-3-1-2-4-19(18)23/h1-8,13,16H,9-12,14H2,(H,24,25). The van der Waals surface area contributed by atoms with Gasteiger partial charge in [-0.05, 0) is 55.8 Å². The first-order valence-electron chi connectivity index (χ1n) is 8.96. The second-order valence-electron chi connectivity index (χ2n) is 6.87. The van der Waals surface area contributed by atoms with Crippen molar-refractivity contribution < 1.29 is 0 Å². The molecule has 0 spiro atoms. The number of nitrogens with one attached hydrogen (secondary N) is 1. The molecule has 0 radical (unpaired) electrons. The fourth-order valence-corrected chi connectivity index (χ4v) is 3.96. The number of aromatic amines is 1. The van der Waals surface area contributed by atoms with Crippen LogP contribution in [0.4, 0.5) is 0 Å². The first kappa shape index (κ1) is 17.6. The summed E-state index contributed by atoms with van der Waals surface area (Å²) >= 11 is 12.3. The number of rotatable bonds is 4. The molecule has 3 aromatic rings. The van der Waals surface area contributed by atoms with Crippen molar-refractivity contribution in [3.8, 4) is 11.3 Å². The zero-order chi connectivity index (χ0) is 17.9. The smallest absolute Gasteiger partial charge is 0.0938 e. The molecule has 1 aliphatic rings. The van der Waals surface area contributed by atoms with E-state index in [1.807, 2.05) is 36.4 Å². The average Bonchev–Trinajstić information content (AvgIpc) is 3.14. The lowest BCUT2D eigenvalue weighted by Crippen LogP contribution is -2.32. The fraction of sp³-hybridized carbons (Fsp3) is 0.286. The Bertz CT molecular complexity index is 865. The van der Waals surface area contributed by atoms with E-state index in [-0.39, 0.29) is 0 Å². The number of benzene rings is 2. The van der Waals surface area contributed by atoms with E-state index in [9.17, 15) is 0 Å². The molecule has 0 bridgehead atoms. The van der Waals surface area contributed by atoms with Gasteiger partial charge < -0.3 is 0 Å². The van der Waals surface area contributed by atoms with Crippen LogP contribution in [-0.4, -0.2) is 28.2 Å². The van der Waals surface area contributed by atoms with Gasteiger partial charge in [0.05, 0.1) is 10.7 Å². The third-order valence-electron chi connectivity index (χ3n) is 5.09. The van der Waals surface area contributed by atoms with Crippen molar-refractivity contribution in [1.82, 2.24) is 15.1 Å². The predicted molar refractivity (Wildman–Crippen MR) is 108 cm³/mol. The van der Waals surface area contributed by atoms with Gasteiger partial charge in [0, 0.05) is 28.7 Å². The molecule has 3 nitrogen and oxygen atoms in total. The van der Waals surface area contributed by atoms with E-state index in [0.29, 0.717) is 5.92 Å². The van der Waals surface area contributed by atoms with Crippen LogP contribution < -0.4 is 0 Å². The predicted octanol–water partition coefficient (Wildman–Crippen LogP) is 5.76. The van der Waals surface area contributed by atoms with E-state index in [1.54, 1.807) is 0 Å². The fourth-order valence-electron chi connectivity index (χ4n) is 3.60. The molecule has 1 aromatic heterocycles. The number of nitrogens with zero attached hydrogens (tertiary/aromatic N) is 2. The Balaban J connectivity index is 1.38. The molecule has 0 atom stereocenters. The summed E-state index contributed by atoms with van der Waals surface area (Å²) in [6.07, 6.45) is 2.27. The Hall–Kier alpha value is -1.81. The van der Waals surface area contributed by atoms with Crippen molar-refractivity contribution >= 4 is 23.2 Å². The molecule has 1 fully saturated rings. The zero-order valence-corrected chi connectivity index (χ0v) is 16.0. The van der Waals surface area contributed by atoms with E-state index >= 15 is 0 Å². The Kier molecular flexibility index (Phi) is 5.30. The Morgan fingerprint density at radius 2 is 1.73 bits per heavy atom. The molecule has 0 aliphatic carbocycles. The van der Waals surface area contributed by atoms with E-state index in [2.05, 4.69) is 33.3 Å². The molecule has 2 aromatic carbocycles. The largest absolute Gasteiger partial charge is 0.299 e. The van der Waals surface area contributed by atoms with Crippen molar-refractivity contribution in [2.45, 2.75) is 25.3 Å². The van der Waals surface area contributed by atoms with Crippen LogP contribution in [0.1, 0.15) is 30.0 Å². The molecule has 26 heavy (non-hydrogen) atoms. The minimum Gasteiger partial charge on any atom is -0.299 e. The van der Waals surface area contributed by atoms with Gasteiger partial charge in [0.15, 0.2) is 0 Å². The zero-order valence-electron chi connectivity index (χ0n) is 14.5. The van der Waals surface area contributed by atoms with Gasteiger partial charge in [0.25, 0.3) is 0 Å². The molecule has 1 saturated heterocycles. The van der Waals surface area contributed by atoms with Crippen LogP contribution in [-0.2, 0) is 6.54 Å². The number of piperidine rings is 1. The molecular weight excluding hydrogens is 365 g/mol. The molecule has 2 heterocycles. The third-order valence-corrected chi connectivity index (χ3v) is 5.68. The molecule has 1 aliphatic heterocycles. The molecule has 0 unspecified atom stereocenters. The number of halogens is 2. The van der Waals surface area contributed by atoms with Crippen molar-refractivity contribution in [2.75, 3.05) is 13.1 Å². The van der Waals surface area contributed by atoms with E-state index in [0.717, 1.165) is 53.8 Å². The Morgan fingerprint density at radius 3 is 2.46 bits per heavy atom. The molecule has 1 N–H and O–H groups in total. The summed E-state index contributed by atoms with van der Waals surface area (Å²) in [6, 6.07) is 18.1. The van der Waals surface area contributed by atoms with Gasteiger partial charge in [0.1, 0.15) is 0 Å². The quantitative estimate of drug-likeness (QED) is 0.618. The van der Waals surface area contributed by atoms with Crippen molar-refractivity contribution in [3.63, 3.8) is 0 Å².